The topological polar surface area (TPSA) is 75.3 Å². The van der Waals surface area contributed by atoms with E-state index in [9.17, 15) is 4.79 Å². The normalized spacial score (nSPS) is 15.6. The van der Waals surface area contributed by atoms with Gasteiger partial charge in [0.1, 0.15) is 0 Å². The lowest BCUT2D eigenvalue weighted by atomic mass is 10.1. The lowest BCUT2D eigenvalue weighted by Crippen LogP contribution is -2.43. The molecule has 4 heteroatoms. The van der Waals surface area contributed by atoms with E-state index in [-0.39, 0.29) is 24.6 Å². The average Bonchev–Trinajstić information content (AvgIpc) is 2.00. The Morgan fingerprint density at radius 1 is 1.58 bits per heavy atom. The second kappa shape index (κ2) is 5.97. The number of nitrogens with two attached hydrogens (primary N) is 1. The third-order valence-corrected chi connectivity index (χ3v) is 1.76. The first kappa shape index (κ1) is 11.4. The molecule has 0 aliphatic heterocycles. The number of carbonyl (C=O) groups is 1. The van der Waals surface area contributed by atoms with E-state index in [0.29, 0.717) is 0 Å². The minimum absolute atomic E-state index is 0.191. The van der Waals surface area contributed by atoms with Crippen LogP contribution in [0, 0.1) is 0 Å². The zero-order valence-electron chi connectivity index (χ0n) is 7.71. The zero-order valence-corrected chi connectivity index (χ0v) is 7.71. The van der Waals surface area contributed by atoms with Crippen molar-refractivity contribution >= 4 is 5.91 Å². The van der Waals surface area contributed by atoms with E-state index in [1.165, 1.54) is 0 Å². The van der Waals surface area contributed by atoms with Crippen molar-refractivity contribution in [1.82, 2.24) is 5.32 Å². The molecule has 72 valence electrons. The summed E-state index contributed by atoms with van der Waals surface area (Å²) in [4.78, 5) is 10.6. The van der Waals surface area contributed by atoms with Crippen molar-refractivity contribution in [1.29, 1.82) is 0 Å². The average molecular weight is 174 g/mol. The molecule has 2 atom stereocenters. The maximum Gasteiger partial charge on any atom is 0.234 e. The van der Waals surface area contributed by atoms with E-state index in [4.69, 9.17) is 10.8 Å². The lowest BCUT2D eigenvalue weighted by Gasteiger charge is -2.16. The van der Waals surface area contributed by atoms with Crippen molar-refractivity contribution in [3.05, 3.63) is 0 Å². The first-order chi connectivity index (χ1) is 5.57. The molecule has 0 rings (SSSR count). The summed E-state index contributed by atoms with van der Waals surface area (Å²) >= 11 is 0. The van der Waals surface area contributed by atoms with Crippen LogP contribution < -0.4 is 11.1 Å². The predicted octanol–water partition coefficient (Wildman–Crippen LogP) is -0.389. The van der Waals surface area contributed by atoms with Crippen molar-refractivity contribution in [2.24, 2.45) is 5.73 Å². The van der Waals surface area contributed by atoms with Crippen LogP contribution in [0.3, 0.4) is 0 Å². The Bertz CT molecular complexity index is 139. The van der Waals surface area contributed by atoms with Crippen molar-refractivity contribution < 1.29 is 9.90 Å². The molecule has 0 aromatic rings. The van der Waals surface area contributed by atoms with Crippen molar-refractivity contribution in [2.45, 2.75) is 38.8 Å². The number of primary amides is 1. The molecule has 0 aromatic carbocycles. The molecule has 0 aliphatic rings. The van der Waals surface area contributed by atoms with Gasteiger partial charge in [-0.3, -0.25) is 4.79 Å². The minimum Gasteiger partial charge on any atom is -0.396 e. The number of nitrogens with one attached hydrogen (secondary N) is 1. The summed E-state index contributed by atoms with van der Waals surface area (Å²) < 4.78 is 0. The van der Waals surface area contributed by atoms with Gasteiger partial charge < -0.3 is 16.2 Å². The van der Waals surface area contributed by atoms with Crippen LogP contribution in [-0.4, -0.2) is 29.7 Å². The highest BCUT2D eigenvalue weighted by molar-refractivity contribution is 5.79. The van der Waals surface area contributed by atoms with Gasteiger partial charge in [-0.05, 0) is 26.7 Å². The van der Waals surface area contributed by atoms with Crippen LogP contribution in [0.25, 0.3) is 0 Å². The minimum atomic E-state index is -0.342. The molecule has 12 heavy (non-hydrogen) atoms. The van der Waals surface area contributed by atoms with E-state index in [1.54, 1.807) is 6.92 Å². The highest BCUT2D eigenvalue weighted by atomic mass is 16.2. The summed E-state index contributed by atoms with van der Waals surface area (Å²) in [6.45, 7) is 3.89. The Labute approximate surface area is 73.1 Å². The molecule has 0 spiro atoms. The van der Waals surface area contributed by atoms with Gasteiger partial charge >= 0.3 is 0 Å². The van der Waals surface area contributed by atoms with Gasteiger partial charge in [0.15, 0.2) is 0 Å². The van der Waals surface area contributed by atoms with E-state index >= 15 is 0 Å². The van der Waals surface area contributed by atoms with Gasteiger partial charge in [-0.25, -0.2) is 0 Å². The summed E-state index contributed by atoms with van der Waals surface area (Å²) in [7, 11) is 0. The second-order valence-electron chi connectivity index (χ2n) is 3.06. The Balaban J connectivity index is 3.53. The van der Waals surface area contributed by atoms with Crippen molar-refractivity contribution in [2.75, 3.05) is 6.61 Å². The fourth-order valence-electron chi connectivity index (χ4n) is 0.990. The monoisotopic (exact) mass is 174 g/mol. The summed E-state index contributed by atoms with van der Waals surface area (Å²) in [5.41, 5.74) is 5.06. The van der Waals surface area contributed by atoms with Crippen LogP contribution in [0.5, 0.6) is 0 Å². The molecule has 0 bridgehead atoms. The molecule has 4 N–H and O–H groups in total. The number of aliphatic hydroxyl groups excluding tert-OH is 1. The zero-order chi connectivity index (χ0) is 9.56. The SMILES string of the molecule is CC(CCCO)NC(C)C(N)=O. The quantitative estimate of drug-likeness (QED) is 0.513. The molecule has 0 heterocycles. The maximum absolute atomic E-state index is 10.6. The van der Waals surface area contributed by atoms with Crippen LogP contribution in [0.4, 0.5) is 0 Å². The standard InChI is InChI=1S/C8H18N2O2/c1-6(4-3-5-11)10-7(2)8(9)12/h6-7,10-11H,3-5H2,1-2H3,(H2,9,12). The van der Waals surface area contributed by atoms with Crippen LogP contribution in [0.15, 0.2) is 0 Å². The van der Waals surface area contributed by atoms with Gasteiger partial charge in [0, 0.05) is 12.6 Å². The van der Waals surface area contributed by atoms with E-state index in [2.05, 4.69) is 5.32 Å². The fourth-order valence-corrected chi connectivity index (χ4v) is 0.990. The lowest BCUT2D eigenvalue weighted by molar-refractivity contribution is -0.119. The van der Waals surface area contributed by atoms with Crippen LogP contribution >= 0.6 is 0 Å². The Hall–Kier alpha value is -0.610. The molecule has 0 fully saturated rings. The van der Waals surface area contributed by atoms with Crippen molar-refractivity contribution in [3.8, 4) is 0 Å². The Morgan fingerprint density at radius 2 is 2.17 bits per heavy atom. The third-order valence-electron chi connectivity index (χ3n) is 1.76. The molecule has 0 saturated heterocycles. The molecular weight excluding hydrogens is 156 g/mol. The molecule has 0 aromatic heterocycles. The molecule has 2 unspecified atom stereocenters. The number of amides is 1. The van der Waals surface area contributed by atoms with Gasteiger partial charge in [-0.2, -0.15) is 0 Å². The van der Waals surface area contributed by atoms with Crippen LogP contribution in [0.1, 0.15) is 26.7 Å². The van der Waals surface area contributed by atoms with Gasteiger partial charge in [-0.15, -0.1) is 0 Å². The summed E-state index contributed by atoms with van der Waals surface area (Å²) in [6.07, 6.45) is 1.60. The van der Waals surface area contributed by atoms with E-state index < -0.39 is 0 Å². The molecule has 1 amide bonds. The first-order valence-electron chi connectivity index (χ1n) is 4.24. The summed E-state index contributed by atoms with van der Waals surface area (Å²) in [6, 6.07) is -0.0710. The largest absolute Gasteiger partial charge is 0.396 e. The number of hydrogen-bond acceptors (Lipinski definition) is 3. The Morgan fingerprint density at radius 3 is 2.58 bits per heavy atom. The highest BCUT2D eigenvalue weighted by Crippen LogP contribution is 1.96. The predicted molar refractivity (Wildman–Crippen MR) is 47.6 cm³/mol. The van der Waals surface area contributed by atoms with E-state index in [0.717, 1.165) is 12.8 Å². The fraction of sp³-hybridized carbons (Fsp3) is 0.875. The highest BCUT2D eigenvalue weighted by Gasteiger charge is 2.10. The smallest absolute Gasteiger partial charge is 0.234 e. The van der Waals surface area contributed by atoms with E-state index in [1.807, 2.05) is 6.92 Å². The molecule has 0 radical (unpaired) electrons. The van der Waals surface area contributed by atoms with Crippen LogP contribution in [-0.2, 0) is 4.79 Å². The van der Waals surface area contributed by atoms with Gasteiger partial charge in [0.05, 0.1) is 6.04 Å². The van der Waals surface area contributed by atoms with Gasteiger partial charge in [0.2, 0.25) is 5.91 Å². The number of aliphatic hydroxyl groups is 1. The number of rotatable bonds is 6. The molecule has 0 aliphatic carbocycles. The summed E-state index contributed by atoms with van der Waals surface area (Å²) in [5, 5.41) is 11.6. The van der Waals surface area contributed by atoms with Crippen LogP contribution in [0.2, 0.25) is 0 Å². The first-order valence-corrected chi connectivity index (χ1v) is 4.24. The maximum atomic E-state index is 10.6. The third kappa shape index (κ3) is 5.09. The molecule has 0 saturated carbocycles. The Kier molecular flexibility index (Phi) is 5.66. The number of carbonyl (C=O) groups excluding carboxylic acids is 1. The number of hydrogen-bond donors (Lipinski definition) is 3. The second-order valence-corrected chi connectivity index (χ2v) is 3.06. The molecular formula is C8H18N2O2. The summed E-state index contributed by atoms with van der Waals surface area (Å²) in [5.74, 6) is -0.342. The molecule has 4 nitrogen and oxygen atoms in total. The van der Waals surface area contributed by atoms with Gasteiger partial charge in [-0.1, -0.05) is 0 Å². The van der Waals surface area contributed by atoms with Gasteiger partial charge in [0.25, 0.3) is 0 Å². The van der Waals surface area contributed by atoms with Crippen molar-refractivity contribution in [3.63, 3.8) is 0 Å².